The molecule has 1 aromatic rings. The second kappa shape index (κ2) is 4.20. The molecular weight excluding hydrogens is 188 g/mol. The van der Waals surface area contributed by atoms with Gasteiger partial charge in [-0.1, -0.05) is 30.3 Å². The Hall–Kier alpha value is -1.14. The van der Waals surface area contributed by atoms with Crippen LogP contribution in [0.15, 0.2) is 36.6 Å². The van der Waals surface area contributed by atoms with Crippen molar-refractivity contribution in [1.29, 1.82) is 0 Å². The van der Waals surface area contributed by atoms with Gasteiger partial charge < -0.3 is 18.8 Å². The van der Waals surface area contributed by atoms with Crippen molar-refractivity contribution < 1.29 is 18.8 Å². The number of hydrogen-bond acceptors (Lipinski definition) is 4. The van der Waals surface area contributed by atoms with E-state index in [2.05, 4.69) is 4.43 Å². The van der Waals surface area contributed by atoms with Gasteiger partial charge in [0.2, 0.25) is 0 Å². The van der Waals surface area contributed by atoms with E-state index in [9.17, 15) is 0 Å². The molecule has 0 atom stereocenters. The molecule has 1 rings (SSSR count). The van der Waals surface area contributed by atoms with E-state index in [1.165, 1.54) is 6.08 Å². The molecule has 0 aliphatic heterocycles. The summed E-state index contributed by atoms with van der Waals surface area (Å²) in [5.41, 5.74) is 0.848. The standard InChI is InChI=1S/C8H10O4Si/c9-13(10,11)12-7-6-8-4-2-1-3-5-8/h1-7,9-11H. The van der Waals surface area contributed by atoms with Gasteiger partial charge >= 0.3 is 9.05 Å². The fraction of sp³-hybridized carbons (Fsp3) is 0. The molecule has 0 spiro atoms. The van der Waals surface area contributed by atoms with Crippen molar-refractivity contribution >= 4 is 15.1 Å². The van der Waals surface area contributed by atoms with Gasteiger partial charge in [0.15, 0.2) is 0 Å². The first kappa shape index (κ1) is 9.94. The molecule has 0 saturated heterocycles. The van der Waals surface area contributed by atoms with Crippen LogP contribution in [-0.2, 0) is 4.43 Å². The van der Waals surface area contributed by atoms with E-state index in [1.807, 2.05) is 30.3 Å². The average molecular weight is 198 g/mol. The maximum atomic E-state index is 8.47. The topological polar surface area (TPSA) is 69.9 Å². The fourth-order valence-electron chi connectivity index (χ4n) is 0.768. The summed E-state index contributed by atoms with van der Waals surface area (Å²) in [5, 5.41) is 0. The van der Waals surface area contributed by atoms with E-state index in [0.717, 1.165) is 11.8 Å². The molecule has 3 N–H and O–H groups in total. The summed E-state index contributed by atoms with van der Waals surface area (Å²) in [4.78, 5) is 25.4. The van der Waals surface area contributed by atoms with E-state index < -0.39 is 9.05 Å². The van der Waals surface area contributed by atoms with Gasteiger partial charge in [-0.15, -0.1) is 0 Å². The maximum absolute atomic E-state index is 8.47. The SMILES string of the molecule is O[Si](O)(O)OC=Cc1ccccc1. The molecular formula is C8H10O4Si. The molecule has 0 aliphatic rings. The molecule has 70 valence electrons. The third-order valence-corrected chi connectivity index (χ3v) is 1.74. The van der Waals surface area contributed by atoms with Gasteiger partial charge in [-0.05, 0) is 11.6 Å². The first-order chi connectivity index (χ1) is 6.08. The van der Waals surface area contributed by atoms with Gasteiger partial charge in [0.25, 0.3) is 0 Å². The summed E-state index contributed by atoms with van der Waals surface area (Å²) >= 11 is 0. The molecule has 5 heteroatoms. The first-order valence-corrected chi connectivity index (χ1v) is 5.39. The molecule has 0 saturated carbocycles. The molecule has 0 heterocycles. The Balaban J connectivity index is 2.51. The van der Waals surface area contributed by atoms with Crippen LogP contribution in [0.25, 0.3) is 6.08 Å². The summed E-state index contributed by atoms with van der Waals surface area (Å²) in [6.07, 6.45) is 2.58. The maximum Gasteiger partial charge on any atom is 0.740 e. The summed E-state index contributed by atoms with van der Waals surface area (Å²) in [6, 6.07) is 9.16. The van der Waals surface area contributed by atoms with Crippen LogP contribution in [0.2, 0.25) is 0 Å². The fourth-order valence-corrected chi connectivity index (χ4v) is 1.02. The van der Waals surface area contributed by atoms with Gasteiger partial charge in [-0.3, -0.25) is 0 Å². The second-order valence-electron chi connectivity index (χ2n) is 2.41. The van der Waals surface area contributed by atoms with Crippen molar-refractivity contribution in [2.75, 3.05) is 0 Å². The van der Waals surface area contributed by atoms with Crippen LogP contribution in [0.3, 0.4) is 0 Å². The van der Waals surface area contributed by atoms with E-state index >= 15 is 0 Å². The Morgan fingerprint density at radius 1 is 1.08 bits per heavy atom. The van der Waals surface area contributed by atoms with E-state index in [1.54, 1.807) is 0 Å². The van der Waals surface area contributed by atoms with Crippen molar-refractivity contribution in [3.8, 4) is 0 Å². The van der Waals surface area contributed by atoms with Crippen LogP contribution in [0, 0.1) is 0 Å². The predicted octanol–water partition coefficient (Wildman–Crippen LogP) is 0.0864. The zero-order valence-corrected chi connectivity index (χ0v) is 7.79. The summed E-state index contributed by atoms with van der Waals surface area (Å²) in [7, 11) is -4.40. The molecule has 0 unspecified atom stereocenters. The zero-order valence-electron chi connectivity index (χ0n) is 6.79. The minimum Gasteiger partial charge on any atom is -0.487 e. The zero-order chi connectivity index (χ0) is 9.73. The Kier molecular flexibility index (Phi) is 3.21. The highest BCUT2D eigenvalue weighted by atomic mass is 28.4. The van der Waals surface area contributed by atoms with E-state index in [4.69, 9.17) is 14.4 Å². The Bertz CT molecular complexity index is 278. The summed E-state index contributed by atoms with van der Waals surface area (Å²) in [5.74, 6) is 0. The van der Waals surface area contributed by atoms with Crippen LogP contribution in [0.4, 0.5) is 0 Å². The lowest BCUT2D eigenvalue weighted by Gasteiger charge is -2.05. The van der Waals surface area contributed by atoms with Crippen molar-refractivity contribution in [1.82, 2.24) is 0 Å². The van der Waals surface area contributed by atoms with E-state index in [-0.39, 0.29) is 0 Å². The normalized spacial score (nSPS) is 11.9. The monoisotopic (exact) mass is 198 g/mol. The van der Waals surface area contributed by atoms with Crippen molar-refractivity contribution in [2.45, 2.75) is 0 Å². The third-order valence-electron chi connectivity index (χ3n) is 1.29. The van der Waals surface area contributed by atoms with E-state index in [0.29, 0.717) is 0 Å². The number of rotatable bonds is 3. The lowest BCUT2D eigenvalue weighted by atomic mass is 10.2. The van der Waals surface area contributed by atoms with Gasteiger partial charge in [-0.2, -0.15) is 0 Å². The molecule has 1 aromatic carbocycles. The first-order valence-electron chi connectivity index (χ1n) is 3.64. The van der Waals surface area contributed by atoms with Crippen LogP contribution >= 0.6 is 0 Å². The van der Waals surface area contributed by atoms with Crippen LogP contribution in [0.5, 0.6) is 0 Å². The van der Waals surface area contributed by atoms with Gasteiger partial charge in [0.05, 0.1) is 6.26 Å². The second-order valence-corrected chi connectivity index (χ2v) is 3.79. The van der Waals surface area contributed by atoms with Crippen LogP contribution in [0.1, 0.15) is 5.56 Å². The third kappa shape index (κ3) is 4.44. The molecule has 0 aromatic heterocycles. The molecule has 0 fully saturated rings. The highest BCUT2D eigenvalue weighted by molar-refractivity contribution is 6.48. The minimum absolute atomic E-state index is 0.848. The van der Waals surface area contributed by atoms with Crippen molar-refractivity contribution in [3.05, 3.63) is 42.2 Å². The molecule has 0 radical (unpaired) electrons. The smallest absolute Gasteiger partial charge is 0.487 e. The minimum atomic E-state index is -4.40. The number of benzene rings is 1. The van der Waals surface area contributed by atoms with Crippen LogP contribution in [-0.4, -0.2) is 23.4 Å². The van der Waals surface area contributed by atoms with Crippen molar-refractivity contribution in [2.24, 2.45) is 0 Å². The quantitative estimate of drug-likeness (QED) is 0.475. The Morgan fingerprint density at radius 2 is 1.69 bits per heavy atom. The molecule has 4 nitrogen and oxygen atoms in total. The number of hydrogen-bond donors (Lipinski definition) is 3. The van der Waals surface area contributed by atoms with Gasteiger partial charge in [0.1, 0.15) is 0 Å². The summed E-state index contributed by atoms with van der Waals surface area (Å²) in [6.45, 7) is 0. The Morgan fingerprint density at radius 3 is 2.23 bits per heavy atom. The molecule has 13 heavy (non-hydrogen) atoms. The van der Waals surface area contributed by atoms with Gasteiger partial charge in [-0.25, -0.2) is 0 Å². The lowest BCUT2D eigenvalue weighted by Crippen LogP contribution is -2.36. The van der Waals surface area contributed by atoms with Gasteiger partial charge in [0, 0.05) is 0 Å². The van der Waals surface area contributed by atoms with Crippen molar-refractivity contribution in [3.63, 3.8) is 0 Å². The summed E-state index contributed by atoms with van der Waals surface area (Å²) < 4.78 is 4.26. The highest BCUT2D eigenvalue weighted by Crippen LogP contribution is 2.01. The largest absolute Gasteiger partial charge is 0.740 e. The Labute approximate surface area is 76.8 Å². The molecule has 0 aliphatic carbocycles. The molecule has 0 bridgehead atoms. The van der Waals surface area contributed by atoms with Crippen LogP contribution < -0.4 is 0 Å². The lowest BCUT2D eigenvalue weighted by molar-refractivity contribution is 0.107. The predicted molar refractivity (Wildman–Crippen MR) is 49.0 cm³/mol. The molecule has 0 amide bonds. The average Bonchev–Trinajstić information content (AvgIpc) is 2.04. The highest BCUT2D eigenvalue weighted by Gasteiger charge is 2.31.